The number of halogens is 1. The van der Waals surface area contributed by atoms with E-state index in [-0.39, 0.29) is 5.82 Å². The fourth-order valence-corrected chi connectivity index (χ4v) is 3.27. The molecule has 1 N–H and O–H groups in total. The maximum atomic E-state index is 13.3. The van der Waals surface area contributed by atoms with Crippen LogP contribution in [-0.4, -0.2) is 13.1 Å². The van der Waals surface area contributed by atoms with Gasteiger partial charge in [-0.2, -0.15) is 0 Å². The summed E-state index contributed by atoms with van der Waals surface area (Å²) in [5.41, 5.74) is 1.15. The van der Waals surface area contributed by atoms with Crippen molar-refractivity contribution in [2.24, 2.45) is 11.8 Å². The molecule has 1 saturated carbocycles. The van der Waals surface area contributed by atoms with Crippen molar-refractivity contribution in [2.75, 3.05) is 13.1 Å². The van der Waals surface area contributed by atoms with Crippen LogP contribution < -0.4 is 5.32 Å². The van der Waals surface area contributed by atoms with Gasteiger partial charge in [-0.25, -0.2) is 4.39 Å². The van der Waals surface area contributed by atoms with E-state index in [1.54, 1.807) is 6.07 Å². The molecule has 1 aliphatic carbocycles. The van der Waals surface area contributed by atoms with E-state index in [0.717, 1.165) is 31.0 Å². The maximum absolute atomic E-state index is 13.3. The number of rotatable bonds is 7. The van der Waals surface area contributed by atoms with Crippen molar-refractivity contribution in [1.82, 2.24) is 5.32 Å². The molecular weight excluding hydrogens is 237 g/mol. The molecule has 1 atom stereocenters. The van der Waals surface area contributed by atoms with E-state index in [9.17, 15) is 4.39 Å². The second kappa shape index (κ2) is 7.64. The topological polar surface area (TPSA) is 12.0 Å². The Hall–Kier alpha value is -0.890. The van der Waals surface area contributed by atoms with Crippen LogP contribution in [0.25, 0.3) is 0 Å². The lowest BCUT2D eigenvalue weighted by Crippen LogP contribution is -2.29. The summed E-state index contributed by atoms with van der Waals surface area (Å²) in [6.07, 6.45) is 7.65. The van der Waals surface area contributed by atoms with Gasteiger partial charge in [-0.15, -0.1) is 0 Å². The molecule has 1 aliphatic rings. The summed E-state index contributed by atoms with van der Waals surface area (Å²) < 4.78 is 13.3. The van der Waals surface area contributed by atoms with Gasteiger partial charge >= 0.3 is 0 Å². The molecular formula is C17H26FN. The van der Waals surface area contributed by atoms with Crippen LogP contribution in [0.4, 0.5) is 4.39 Å². The molecule has 0 bridgehead atoms. The molecule has 0 aromatic heterocycles. The molecule has 1 aromatic carbocycles. The Morgan fingerprint density at radius 3 is 2.79 bits per heavy atom. The first-order valence-electron chi connectivity index (χ1n) is 7.74. The third kappa shape index (κ3) is 4.61. The van der Waals surface area contributed by atoms with Crippen molar-refractivity contribution < 1.29 is 4.39 Å². The zero-order chi connectivity index (χ0) is 13.5. The van der Waals surface area contributed by atoms with Gasteiger partial charge in [-0.1, -0.05) is 44.7 Å². The third-order valence-electron chi connectivity index (χ3n) is 4.29. The monoisotopic (exact) mass is 263 g/mol. The van der Waals surface area contributed by atoms with Crippen LogP contribution in [0.1, 0.15) is 44.6 Å². The van der Waals surface area contributed by atoms with E-state index in [0.29, 0.717) is 5.92 Å². The quantitative estimate of drug-likeness (QED) is 0.728. The summed E-state index contributed by atoms with van der Waals surface area (Å²) in [6.45, 7) is 4.37. The molecule has 0 heterocycles. The second-order valence-electron chi connectivity index (χ2n) is 5.84. The standard InChI is InChI=1S/C17H26FN/c1-2-10-19-13-16(15-7-3-4-8-15)11-14-6-5-9-17(18)12-14/h5-6,9,12,15-16,19H,2-4,7-8,10-11,13H2,1H3. The second-order valence-corrected chi connectivity index (χ2v) is 5.84. The summed E-state index contributed by atoms with van der Waals surface area (Å²) in [5, 5.41) is 3.55. The van der Waals surface area contributed by atoms with Crippen LogP contribution in [0, 0.1) is 17.7 Å². The van der Waals surface area contributed by atoms with Crippen molar-refractivity contribution in [1.29, 1.82) is 0 Å². The van der Waals surface area contributed by atoms with Crippen LogP contribution in [0.2, 0.25) is 0 Å². The fourth-order valence-electron chi connectivity index (χ4n) is 3.27. The van der Waals surface area contributed by atoms with Crippen molar-refractivity contribution in [3.05, 3.63) is 35.6 Å². The molecule has 1 unspecified atom stereocenters. The molecule has 0 amide bonds. The summed E-state index contributed by atoms with van der Waals surface area (Å²) >= 11 is 0. The summed E-state index contributed by atoms with van der Waals surface area (Å²) in [6, 6.07) is 7.12. The Balaban J connectivity index is 1.95. The van der Waals surface area contributed by atoms with E-state index >= 15 is 0 Å². The van der Waals surface area contributed by atoms with Crippen molar-refractivity contribution in [3.63, 3.8) is 0 Å². The minimum Gasteiger partial charge on any atom is -0.316 e. The van der Waals surface area contributed by atoms with Crippen LogP contribution in [0.15, 0.2) is 24.3 Å². The predicted molar refractivity (Wildman–Crippen MR) is 78.7 cm³/mol. The lowest BCUT2D eigenvalue weighted by molar-refractivity contribution is 0.321. The van der Waals surface area contributed by atoms with Gasteiger partial charge in [0.05, 0.1) is 0 Å². The average molecular weight is 263 g/mol. The largest absolute Gasteiger partial charge is 0.316 e. The fraction of sp³-hybridized carbons (Fsp3) is 0.647. The number of benzene rings is 1. The molecule has 0 saturated heterocycles. The number of hydrogen-bond acceptors (Lipinski definition) is 1. The smallest absolute Gasteiger partial charge is 0.123 e. The molecule has 2 rings (SSSR count). The van der Waals surface area contributed by atoms with E-state index in [1.165, 1.54) is 38.2 Å². The lowest BCUT2D eigenvalue weighted by atomic mass is 9.85. The van der Waals surface area contributed by atoms with E-state index in [4.69, 9.17) is 0 Å². The van der Waals surface area contributed by atoms with Gasteiger partial charge < -0.3 is 5.32 Å². The molecule has 1 fully saturated rings. The first-order valence-corrected chi connectivity index (χ1v) is 7.74. The Morgan fingerprint density at radius 1 is 1.32 bits per heavy atom. The van der Waals surface area contributed by atoms with Gasteiger partial charge in [-0.05, 0) is 55.5 Å². The summed E-state index contributed by atoms with van der Waals surface area (Å²) in [4.78, 5) is 0. The Morgan fingerprint density at radius 2 is 2.11 bits per heavy atom. The minimum atomic E-state index is -0.107. The molecule has 106 valence electrons. The van der Waals surface area contributed by atoms with Crippen molar-refractivity contribution in [2.45, 2.75) is 45.4 Å². The van der Waals surface area contributed by atoms with Crippen LogP contribution >= 0.6 is 0 Å². The van der Waals surface area contributed by atoms with Gasteiger partial charge in [0.25, 0.3) is 0 Å². The molecule has 0 aliphatic heterocycles. The first-order chi connectivity index (χ1) is 9.29. The average Bonchev–Trinajstić information content (AvgIpc) is 2.92. The Kier molecular flexibility index (Phi) is 5.84. The highest BCUT2D eigenvalue weighted by molar-refractivity contribution is 5.17. The highest BCUT2D eigenvalue weighted by atomic mass is 19.1. The van der Waals surface area contributed by atoms with Crippen molar-refractivity contribution >= 4 is 0 Å². The van der Waals surface area contributed by atoms with Gasteiger partial charge in [0.2, 0.25) is 0 Å². The van der Waals surface area contributed by atoms with Crippen LogP contribution in [0.5, 0.6) is 0 Å². The van der Waals surface area contributed by atoms with E-state index in [2.05, 4.69) is 18.3 Å². The molecule has 1 nitrogen and oxygen atoms in total. The van der Waals surface area contributed by atoms with Gasteiger partial charge in [-0.3, -0.25) is 0 Å². The summed E-state index contributed by atoms with van der Waals surface area (Å²) in [5.74, 6) is 1.38. The van der Waals surface area contributed by atoms with Crippen molar-refractivity contribution in [3.8, 4) is 0 Å². The molecule has 0 spiro atoms. The number of hydrogen-bond donors (Lipinski definition) is 1. The first kappa shape index (κ1) is 14.5. The van der Waals surface area contributed by atoms with Crippen LogP contribution in [-0.2, 0) is 6.42 Å². The third-order valence-corrected chi connectivity index (χ3v) is 4.29. The van der Waals surface area contributed by atoms with E-state index < -0.39 is 0 Å². The van der Waals surface area contributed by atoms with Gasteiger partial charge in [0.15, 0.2) is 0 Å². The Labute approximate surface area is 116 Å². The highest BCUT2D eigenvalue weighted by Gasteiger charge is 2.24. The molecule has 1 aromatic rings. The molecule has 0 radical (unpaired) electrons. The zero-order valence-corrected chi connectivity index (χ0v) is 12.0. The van der Waals surface area contributed by atoms with Crippen LogP contribution in [0.3, 0.4) is 0 Å². The highest BCUT2D eigenvalue weighted by Crippen LogP contribution is 2.33. The molecule has 2 heteroatoms. The SMILES string of the molecule is CCCNCC(Cc1cccc(F)c1)C1CCCC1. The summed E-state index contributed by atoms with van der Waals surface area (Å²) in [7, 11) is 0. The molecule has 19 heavy (non-hydrogen) atoms. The van der Waals surface area contributed by atoms with Gasteiger partial charge in [0, 0.05) is 0 Å². The zero-order valence-electron chi connectivity index (χ0n) is 12.0. The maximum Gasteiger partial charge on any atom is 0.123 e. The predicted octanol–water partition coefficient (Wildman–Crippen LogP) is 4.17. The Bertz CT molecular complexity index is 371. The van der Waals surface area contributed by atoms with Gasteiger partial charge in [0.1, 0.15) is 5.82 Å². The minimum absolute atomic E-state index is 0.107. The number of nitrogens with one attached hydrogen (secondary N) is 1. The van der Waals surface area contributed by atoms with E-state index in [1.807, 2.05) is 6.07 Å². The lowest BCUT2D eigenvalue weighted by Gasteiger charge is -2.24. The normalized spacial score (nSPS) is 17.8.